The van der Waals surface area contributed by atoms with Crippen LogP contribution in [0.2, 0.25) is 5.02 Å². The van der Waals surface area contributed by atoms with E-state index in [1.54, 1.807) is 54.0 Å². The van der Waals surface area contributed by atoms with Crippen LogP contribution in [0.25, 0.3) is 44.3 Å². The van der Waals surface area contributed by atoms with Gasteiger partial charge in [-0.3, -0.25) is 19.0 Å². The molecule has 0 radical (unpaired) electrons. The lowest BCUT2D eigenvalue weighted by Crippen LogP contribution is -2.33. The molecule has 0 bridgehead atoms. The molecule has 2 heterocycles. The van der Waals surface area contributed by atoms with Crippen molar-refractivity contribution in [2.45, 2.75) is 19.8 Å². The lowest BCUT2D eigenvalue weighted by molar-refractivity contribution is -0.120. The number of phenolic OH excluding ortho intramolecular Hbond substituents is 1. The van der Waals surface area contributed by atoms with E-state index in [4.69, 9.17) is 33.0 Å². The van der Waals surface area contributed by atoms with Crippen molar-refractivity contribution in [2.24, 2.45) is 0 Å². The number of aromatic nitrogens is 1. The molecular formula is C44H35ClN4O10S. The van der Waals surface area contributed by atoms with E-state index in [9.17, 15) is 39.3 Å². The predicted molar refractivity (Wildman–Crippen MR) is 230 cm³/mol. The maximum absolute atomic E-state index is 13.6. The topological polar surface area (TPSA) is 209 Å². The van der Waals surface area contributed by atoms with Gasteiger partial charge in [0.1, 0.15) is 22.8 Å². The highest BCUT2D eigenvalue weighted by Crippen LogP contribution is 2.43. The first-order valence-electron chi connectivity index (χ1n) is 18.4. The number of carbonyl (C=O) groups is 4. The SMILES string of the molecule is COc1ccc2c(c1)c(CC(=O)NCCCNC(=S)Nc1ccc(-c3c4ccc(=O)cc-4oc4cc(O)ccc34)c(C(=O)O)c1C(=O)O)c(C)n2C(=O)c1ccc(Cl)cc1. The number of halogens is 1. The van der Waals surface area contributed by atoms with Gasteiger partial charge in [0.25, 0.3) is 5.91 Å². The fraction of sp³-hybridized carbons (Fsp3) is 0.136. The van der Waals surface area contributed by atoms with Gasteiger partial charge in [-0.05, 0) is 109 Å². The lowest BCUT2D eigenvalue weighted by Gasteiger charge is -2.20. The van der Waals surface area contributed by atoms with Gasteiger partial charge < -0.3 is 40.4 Å². The molecule has 5 aromatic rings. The zero-order chi connectivity index (χ0) is 42.8. The van der Waals surface area contributed by atoms with Crippen LogP contribution in [0.1, 0.15) is 48.8 Å². The Labute approximate surface area is 351 Å². The second kappa shape index (κ2) is 16.9. The molecule has 4 aromatic carbocycles. The molecule has 6 N–H and O–H groups in total. The zero-order valence-electron chi connectivity index (χ0n) is 31.9. The fourth-order valence-corrected chi connectivity index (χ4v) is 7.55. The van der Waals surface area contributed by atoms with Crippen LogP contribution in [-0.4, -0.2) is 69.0 Å². The van der Waals surface area contributed by atoms with Crippen molar-refractivity contribution in [3.8, 4) is 33.9 Å². The number of aromatic carboxylic acids is 2. The summed E-state index contributed by atoms with van der Waals surface area (Å²) < 4.78 is 12.9. The number of anilines is 1. The summed E-state index contributed by atoms with van der Waals surface area (Å²) in [6, 6.07) is 22.9. The van der Waals surface area contributed by atoms with E-state index in [0.717, 1.165) is 0 Å². The minimum absolute atomic E-state index is 0.00325. The maximum Gasteiger partial charge on any atom is 0.338 e. The molecule has 0 unspecified atom stereocenters. The number of carbonyl (C=O) groups excluding carboxylic acids is 2. The Balaban J connectivity index is 1.04. The minimum Gasteiger partial charge on any atom is -0.508 e. The first-order valence-corrected chi connectivity index (χ1v) is 19.2. The molecule has 1 aliphatic heterocycles. The molecule has 60 heavy (non-hydrogen) atoms. The van der Waals surface area contributed by atoms with Gasteiger partial charge in [0.15, 0.2) is 10.5 Å². The number of fused-ring (bicyclic) bond motifs is 3. The van der Waals surface area contributed by atoms with Gasteiger partial charge >= 0.3 is 11.9 Å². The standard InChI is InChI=1S/C44H35ClN4O10S/c1-22-31(32-20-27(58-2)10-15-34(32)49(22)41(53)23-4-6-24(45)7-5-23)21-37(52)46-16-3-17-47-44(60)48-33-14-13-30(39(42(54)55)40(33)43(56)57)38-28-11-8-25(50)18-35(28)59-36-19-26(51)9-12-29(36)38/h4-15,18-20,50H,3,16-17,21H2,1-2H3,(H,46,52)(H,54,55)(H,56,57)(H2,47,48,60). The number of nitrogens with one attached hydrogen (secondary N) is 3. The molecule has 2 aliphatic rings. The highest BCUT2D eigenvalue weighted by Gasteiger charge is 2.29. The minimum atomic E-state index is -1.54. The summed E-state index contributed by atoms with van der Waals surface area (Å²) in [5.41, 5.74) is 1.55. The van der Waals surface area contributed by atoms with Crippen LogP contribution in [0.3, 0.4) is 0 Å². The Hall–Kier alpha value is -7.23. The number of carboxylic acid groups (broad SMARTS) is 2. The van der Waals surface area contributed by atoms with Crippen LogP contribution in [0.5, 0.6) is 11.5 Å². The van der Waals surface area contributed by atoms with Crippen molar-refractivity contribution >= 4 is 80.2 Å². The smallest absolute Gasteiger partial charge is 0.338 e. The number of aromatic hydroxyl groups is 1. The number of nitrogens with zero attached hydrogens (tertiary/aromatic N) is 1. The molecule has 1 amide bonds. The largest absolute Gasteiger partial charge is 0.508 e. The van der Waals surface area contributed by atoms with Crippen LogP contribution in [0.15, 0.2) is 100 Å². The number of hydrogen-bond donors (Lipinski definition) is 6. The van der Waals surface area contributed by atoms with E-state index < -0.39 is 23.1 Å². The summed E-state index contributed by atoms with van der Waals surface area (Å²) in [6.07, 6.45) is 0.386. The summed E-state index contributed by atoms with van der Waals surface area (Å²) >= 11 is 11.5. The third-order valence-corrected chi connectivity index (χ3v) is 10.5. The molecule has 14 nitrogen and oxygen atoms in total. The second-order valence-corrected chi connectivity index (χ2v) is 14.5. The summed E-state index contributed by atoms with van der Waals surface area (Å²) in [5, 5.41) is 41.1. The molecule has 0 saturated heterocycles. The normalized spacial score (nSPS) is 11.1. The zero-order valence-corrected chi connectivity index (χ0v) is 33.5. The molecule has 1 aliphatic carbocycles. The number of carboxylic acids is 2. The number of ether oxygens (including phenoxy) is 1. The Kier molecular flexibility index (Phi) is 11.6. The highest BCUT2D eigenvalue weighted by molar-refractivity contribution is 7.80. The van der Waals surface area contributed by atoms with Crippen molar-refractivity contribution in [1.82, 2.24) is 15.2 Å². The Bertz CT molecular complexity index is 2920. The van der Waals surface area contributed by atoms with E-state index in [1.165, 1.54) is 55.6 Å². The van der Waals surface area contributed by atoms with Gasteiger partial charge in [-0.1, -0.05) is 17.7 Å². The van der Waals surface area contributed by atoms with Crippen LogP contribution < -0.4 is 26.1 Å². The number of hydrogen-bond acceptors (Lipinski definition) is 9. The van der Waals surface area contributed by atoms with Gasteiger partial charge in [0.2, 0.25) is 5.91 Å². The van der Waals surface area contributed by atoms with Crippen LogP contribution in [0.4, 0.5) is 5.69 Å². The van der Waals surface area contributed by atoms with E-state index in [0.29, 0.717) is 55.9 Å². The monoisotopic (exact) mass is 846 g/mol. The van der Waals surface area contributed by atoms with Gasteiger partial charge in [-0.25, -0.2) is 9.59 Å². The molecule has 0 fully saturated rings. The van der Waals surface area contributed by atoms with Crippen molar-refractivity contribution in [3.63, 3.8) is 0 Å². The quantitative estimate of drug-likeness (QED) is 0.0405. The first kappa shape index (κ1) is 40.9. The third kappa shape index (κ3) is 8.08. The van der Waals surface area contributed by atoms with E-state index in [1.807, 2.05) is 0 Å². The lowest BCUT2D eigenvalue weighted by atomic mass is 9.88. The summed E-state index contributed by atoms with van der Waals surface area (Å²) in [4.78, 5) is 64.6. The molecule has 0 spiro atoms. The van der Waals surface area contributed by atoms with Crippen LogP contribution >= 0.6 is 23.8 Å². The van der Waals surface area contributed by atoms with Gasteiger partial charge in [0.05, 0.1) is 35.9 Å². The predicted octanol–water partition coefficient (Wildman–Crippen LogP) is 7.32. The van der Waals surface area contributed by atoms with Crippen molar-refractivity contribution in [1.29, 1.82) is 0 Å². The Morgan fingerprint density at radius 1 is 0.833 bits per heavy atom. The number of benzene rings is 5. The van der Waals surface area contributed by atoms with Crippen LogP contribution in [-0.2, 0) is 11.2 Å². The molecule has 7 rings (SSSR count). The first-order chi connectivity index (χ1) is 28.7. The number of rotatable bonds is 12. The van der Waals surface area contributed by atoms with Gasteiger partial charge in [0, 0.05) is 63.4 Å². The van der Waals surface area contributed by atoms with Crippen molar-refractivity contribution < 1.29 is 43.7 Å². The molecule has 0 saturated carbocycles. The molecule has 1 aromatic heterocycles. The second-order valence-electron chi connectivity index (χ2n) is 13.7. The molecule has 16 heteroatoms. The Morgan fingerprint density at radius 3 is 2.27 bits per heavy atom. The summed E-state index contributed by atoms with van der Waals surface area (Å²) in [5.74, 6) is -3.09. The Morgan fingerprint density at radius 2 is 1.55 bits per heavy atom. The van der Waals surface area contributed by atoms with E-state index >= 15 is 0 Å². The van der Waals surface area contributed by atoms with Gasteiger partial charge in [-0.2, -0.15) is 0 Å². The average Bonchev–Trinajstić information content (AvgIpc) is 3.48. The number of amides is 1. The molecular weight excluding hydrogens is 812 g/mol. The number of methoxy groups -OCH3 is 1. The maximum atomic E-state index is 13.6. The van der Waals surface area contributed by atoms with Crippen molar-refractivity contribution in [3.05, 3.63) is 134 Å². The van der Waals surface area contributed by atoms with Crippen LogP contribution in [0, 0.1) is 6.92 Å². The van der Waals surface area contributed by atoms with Gasteiger partial charge in [-0.15, -0.1) is 0 Å². The molecule has 0 atom stereocenters. The number of thiocarbonyl (C=S) groups is 1. The molecule has 304 valence electrons. The average molecular weight is 847 g/mol. The summed E-state index contributed by atoms with van der Waals surface area (Å²) in [7, 11) is 1.53. The third-order valence-electron chi connectivity index (χ3n) is 9.96. The van der Waals surface area contributed by atoms with Crippen molar-refractivity contribution in [2.75, 3.05) is 25.5 Å². The summed E-state index contributed by atoms with van der Waals surface area (Å²) in [6.45, 7) is 2.28. The fourth-order valence-electron chi connectivity index (χ4n) is 7.21. The number of phenols is 1. The van der Waals surface area contributed by atoms with E-state index in [2.05, 4.69) is 16.0 Å². The highest BCUT2D eigenvalue weighted by atomic mass is 35.5. The van der Waals surface area contributed by atoms with E-state index in [-0.39, 0.29) is 75.8 Å².